The van der Waals surface area contributed by atoms with Crippen LogP contribution in [0.2, 0.25) is 0 Å². The Bertz CT molecular complexity index is 119. The molecule has 14 heavy (non-hydrogen) atoms. The molecule has 0 bridgehead atoms. The Morgan fingerprint density at radius 1 is 1.00 bits per heavy atom. The summed E-state index contributed by atoms with van der Waals surface area (Å²) in [5.74, 6) is 0.897. The molecule has 0 atom stereocenters. The average Bonchev–Trinajstić information content (AvgIpc) is 2.15. The van der Waals surface area contributed by atoms with Crippen LogP contribution in [0.4, 0.5) is 0 Å². The minimum Gasteiger partial charge on any atom is -0.396 e. The van der Waals surface area contributed by atoms with Crippen molar-refractivity contribution in [1.82, 2.24) is 5.32 Å². The normalized spacial score (nSPS) is 20.4. The van der Waals surface area contributed by atoms with Gasteiger partial charge in [0.2, 0.25) is 0 Å². The fraction of sp³-hybridized carbons (Fsp3) is 1.00. The van der Waals surface area contributed by atoms with Gasteiger partial charge in [0.25, 0.3) is 0 Å². The second-order valence-electron chi connectivity index (χ2n) is 4.49. The van der Waals surface area contributed by atoms with Crippen molar-refractivity contribution in [3.8, 4) is 0 Å². The molecular formula is C12H25NO. The Hall–Kier alpha value is -0.0800. The van der Waals surface area contributed by atoms with Gasteiger partial charge in [0.15, 0.2) is 0 Å². The van der Waals surface area contributed by atoms with Crippen LogP contribution in [0, 0.1) is 5.92 Å². The van der Waals surface area contributed by atoms with Crippen LogP contribution in [0.1, 0.15) is 51.4 Å². The standard InChI is InChI=1S/C12H25NO/c14-10-6-9-13-11-12-7-4-2-1-3-5-8-12/h12-14H,1-11H2. The molecule has 0 radical (unpaired) electrons. The van der Waals surface area contributed by atoms with Gasteiger partial charge in [-0.05, 0) is 38.3 Å². The van der Waals surface area contributed by atoms with Gasteiger partial charge in [0.1, 0.15) is 0 Å². The number of hydrogen-bond acceptors (Lipinski definition) is 2. The number of rotatable bonds is 5. The van der Waals surface area contributed by atoms with E-state index in [4.69, 9.17) is 5.11 Å². The van der Waals surface area contributed by atoms with Gasteiger partial charge in [0.05, 0.1) is 0 Å². The Labute approximate surface area is 88.1 Å². The van der Waals surface area contributed by atoms with Crippen LogP contribution in [0.3, 0.4) is 0 Å². The van der Waals surface area contributed by atoms with Crippen LogP contribution in [-0.2, 0) is 0 Å². The smallest absolute Gasteiger partial charge is 0.0443 e. The zero-order valence-electron chi connectivity index (χ0n) is 9.30. The highest BCUT2D eigenvalue weighted by Gasteiger charge is 2.10. The molecule has 1 fully saturated rings. The van der Waals surface area contributed by atoms with Gasteiger partial charge in [-0.15, -0.1) is 0 Å². The molecule has 1 aliphatic carbocycles. The predicted octanol–water partition coefficient (Wildman–Crippen LogP) is 2.32. The molecule has 0 aliphatic heterocycles. The van der Waals surface area contributed by atoms with Crippen molar-refractivity contribution in [2.24, 2.45) is 5.92 Å². The first-order chi connectivity index (χ1) is 6.93. The summed E-state index contributed by atoms with van der Waals surface area (Å²) in [5, 5.41) is 12.1. The highest BCUT2D eigenvalue weighted by Crippen LogP contribution is 2.21. The van der Waals surface area contributed by atoms with Crippen LogP contribution >= 0.6 is 0 Å². The van der Waals surface area contributed by atoms with Crippen molar-refractivity contribution in [1.29, 1.82) is 0 Å². The average molecular weight is 199 g/mol. The second kappa shape index (κ2) is 8.25. The molecule has 0 amide bonds. The maximum absolute atomic E-state index is 8.65. The van der Waals surface area contributed by atoms with Crippen molar-refractivity contribution in [3.63, 3.8) is 0 Å². The number of aliphatic hydroxyl groups is 1. The van der Waals surface area contributed by atoms with Crippen molar-refractivity contribution >= 4 is 0 Å². The van der Waals surface area contributed by atoms with Crippen LogP contribution in [-0.4, -0.2) is 24.8 Å². The van der Waals surface area contributed by atoms with E-state index in [0.29, 0.717) is 6.61 Å². The van der Waals surface area contributed by atoms with Crippen molar-refractivity contribution in [2.75, 3.05) is 19.7 Å². The summed E-state index contributed by atoms with van der Waals surface area (Å²) in [7, 11) is 0. The van der Waals surface area contributed by atoms with Crippen LogP contribution in [0.5, 0.6) is 0 Å². The van der Waals surface area contributed by atoms with Gasteiger partial charge in [-0.25, -0.2) is 0 Å². The third-order valence-corrected chi connectivity index (χ3v) is 3.17. The largest absolute Gasteiger partial charge is 0.396 e. The highest BCUT2D eigenvalue weighted by atomic mass is 16.3. The SMILES string of the molecule is OCCCNCC1CCCCCCC1. The van der Waals surface area contributed by atoms with E-state index >= 15 is 0 Å². The summed E-state index contributed by atoms with van der Waals surface area (Å²) in [5.41, 5.74) is 0. The number of aliphatic hydroxyl groups excluding tert-OH is 1. The molecule has 0 unspecified atom stereocenters. The molecule has 0 aromatic heterocycles. The first kappa shape index (κ1) is 12.0. The molecule has 2 heteroatoms. The maximum Gasteiger partial charge on any atom is 0.0443 e. The quantitative estimate of drug-likeness (QED) is 0.666. The summed E-state index contributed by atoms with van der Waals surface area (Å²) in [6.45, 7) is 2.46. The van der Waals surface area contributed by atoms with E-state index in [1.165, 1.54) is 51.5 Å². The summed E-state index contributed by atoms with van der Waals surface area (Å²) >= 11 is 0. The Balaban J connectivity index is 2.02. The first-order valence-corrected chi connectivity index (χ1v) is 6.25. The lowest BCUT2D eigenvalue weighted by Crippen LogP contribution is -2.25. The zero-order chi connectivity index (χ0) is 10.1. The molecule has 0 spiro atoms. The maximum atomic E-state index is 8.65. The molecule has 0 aromatic rings. The van der Waals surface area contributed by atoms with Crippen molar-refractivity contribution in [2.45, 2.75) is 51.4 Å². The topological polar surface area (TPSA) is 32.3 Å². The fourth-order valence-corrected chi connectivity index (χ4v) is 2.26. The molecule has 1 saturated carbocycles. The molecule has 1 rings (SSSR count). The summed E-state index contributed by atoms with van der Waals surface area (Å²) < 4.78 is 0. The summed E-state index contributed by atoms with van der Waals surface area (Å²) in [6.07, 6.45) is 10.9. The van der Waals surface area contributed by atoms with Crippen LogP contribution < -0.4 is 5.32 Å². The molecular weight excluding hydrogens is 174 g/mol. The lowest BCUT2D eigenvalue weighted by Gasteiger charge is -2.19. The Morgan fingerprint density at radius 3 is 2.29 bits per heavy atom. The van der Waals surface area contributed by atoms with Gasteiger partial charge in [-0.1, -0.05) is 32.1 Å². The highest BCUT2D eigenvalue weighted by molar-refractivity contribution is 4.66. The summed E-state index contributed by atoms with van der Waals surface area (Å²) in [6, 6.07) is 0. The van der Waals surface area contributed by atoms with E-state index < -0.39 is 0 Å². The first-order valence-electron chi connectivity index (χ1n) is 6.25. The summed E-state index contributed by atoms with van der Waals surface area (Å²) in [4.78, 5) is 0. The van der Waals surface area contributed by atoms with E-state index in [1.807, 2.05) is 0 Å². The van der Waals surface area contributed by atoms with E-state index in [1.54, 1.807) is 0 Å². The van der Waals surface area contributed by atoms with E-state index in [0.717, 1.165) is 18.9 Å². The number of hydrogen-bond donors (Lipinski definition) is 2. The van der Waals surface area contributed by atoms with E-state index in [9.17, 15) is 0 Å². The van der Waals surface area contributed by atoms with Crippen molar-refractivity contribution < 1.29 is 5.11 Å². The second-order valence-corrected chi connectivity index (χ2v) is 4.49. The van der Waals surface area contributed by atoms with Gasteiger partial charge in [-0.2, -0.15) is 0 Å². The fourth-order valence-electron chi connectivity index (χ4n) is 2.26. The van der Waals surface area contributed by atoms with Crippen LogP contribution in [0.25, 0.3) is 0 Å². The van der Waals surface area contributed by atoms with Gasteiger partial charge in [-0.3, -0.25) is 0 Å². The van der Waals surface area contributed by atoms with Crippen molar-refractivity contribution in [3.05, 3.63) is 0 Å². The predicted molar refractivity (Wildman–Crippen MR) is 60.4 cm³/mol. The molecule has 0 aromatic carbocycles. The minimum atomic E-state index is 0.317. The van der Waals surface area contributed by atoms with Crippen LogP contribution in [0.15, 0.2) is 0 Å². The van der Waals surface area contributed by atoms with E-state index in [-0.39, 0.29) is 0 Å². The lowest BCUT2D eigenvalue weighted by molar-refractivity contribution is 0.282. The molecule has 84 valence electrons. The molecule has 2 N–H and O–H groups in total. The molecule has 1 aliphatic rings. The Kier molecular flexibility index (Phi) is 7.06. The lowest BCUT2D eigenvalue weighted by atomic mass is 9.91. The molecule has 0 heterocycles. The number of nitrogens with one attached hydrogen (secondary N) is 1. The third-order valence-electron chi connectivity index (χ3n) is 3.17. The van der Waals surface area contributed by atoms with Gasteiger partial charge < -0.3 is 10.4 Å². The zero-order valence-corrected chi connectivity index (χ0v) is 9.30. The van der Waals surface area contributed by atoms with Gasteiger partial charge >= 0.3 is 0 Å². The van der Waals surface area contributed by atoms with Gasteiger partial charge in [0, 0.05) is 6.61 Å². The molecule has 2 nitrogen and oxygen atoms in total. The van der Waals surface area contributed by atoms with E-state index in [2.05, 4.69) is 5.32 Å². The third kappa shape index (κ3) is 5.61. The monoisotopic (exact) mass is 199 g/mol. The molecule has 0 saturated heterocycles. The minimum absolute atomic E-state index is 0.317. The Morgan fingerprint density at radius 2 is 1.64 bits per heavy atom.